The fraction of sp³-hybridized carbons (Fsp3) is 0.321. The zero-order chi connectivity index (χ0) is 27.0. The number of aliphatic hydroxyl groups is 1. The molecule has 0 bridgehead atoms. The van der Waals surface area contributed by atoms with E-state index in [1.807, 2.05) is 31.7 Å². The lowest BCUT2D eigenvalue weighted by atomic mass is 9.83. The Balaban J connectivity index is 1.15. The number of H-pyrrole nitrogens is 1. The van der Waals surface area contributed by atoms with Gasteiger partial charge in [-0.3, -0.25) is 10.1 Å². The van der Waals surface area contributed by atoms with Crippen LogP contribution < -0.4 is 4.90 Å². The highest BCUT2D eigenvalue weighted by Crippen LogP contribution is 2.49. The molecule has 2 fully saturated rings. The summed E-state index contributed by atoms with van der Waals surface area (Å²) in [5.74, 6) is 1.05. The molecule has 0 amide bonds. The predicted octanol–water partition coefficient (Wildman–Crippen LogP) is 3.17. The third kappa shape index (κ3) is 4.81. The molecule has 1 atom stereocenters. The number of nitrogens with one attached hydrogen (secondary N) is 2. The Kier molecular flexibility index (Phi) is 6.43. The van der Waals surface area contributed by atoms with E-state index in [0.717, 1.165) is 36.0 Å². The molecule has 1 aromatic carbocycles. The third-order valence-corrected chi connectivity index (χ3v) is 7.54. The summed E-state index contributed by atoms with van der Waals surface area (Å²) in [5.41, 5.74) is 2.91. The van der Waals surface area contributed by atoms with Gasteiger partial charge in [-0.2, -0.15) is 5.10 Å². The first kappa shape index (κ1) is 24.9. The van der Waals surface area contributed by atoms with Crippen LogP contribution in [0.1, 0.15) is 29.7 Å². The maximum atomic E-state index is 13.5. The van der Waals surface area contributed by atoms with Crippen molar-refractivity contribution in [2.75, 3.05) is 31.1 Å². The quantitative estimate of drug-likeness (QED) is 0.251. The van der Waals surface area contributed by atoms with Gasteiger partial charge in [0.15, 0.2) is 5.84 Å². The van der Waals surface area contributed by atoms with E-state index in [2.05, 4.69) is 34.8 Å². The number of anilines is 1. The fourth-order valence-electron chi connectivity index (χ4n) is 5.29. The zero-order valence-corrected chi connectivity index (χ0v) is 21.6. The molecule has 10 nitrogen and oxygen atoms in total. The highest BCUT2D eigenvalue weighted by molar-refractivity contribution is 6.01. The predicted molar refractivity (Wildman–Crippen MR) is 146 cm³/mol. The van der Waals surface area contributed by atoms with Crippen molar-refractivity contribution in [1.82, 2.24) is 29.6 Å². The van der Waals surface area contributed by atoms with Crippen LogP contribution >= 0.6 is 0 Å². The standard InChI is InChI=1S/C28H30FN9O/c1-36-17-20(14-35-36)19-12-25(31-13-19)26(34-18-30)37-8-10-38(11-9-37)27-32-15-23(16-33-27)28(39,21-2-3-21)22-4-6-24(29)7-5-22/h4-7,12-18,21,30-31,39H,2-3,8-11H2,1H3/b30-18?,34-26+/t28-/m1/s1. The van der Waals surface area contributed by atoms with Crippen LogP contribution in [0.5, 0.6) is 0 Å². The summed E-state index contributed by atoms with van der Waals surface area (Å²) < 4.78 is 15.3. The Morgan fingerprint density at radius 1 is 1.08 bits per heavy atom. The van der Waals surface area contributed by atoms with Crippen LogP contribution in [0, 0.1) is 17.1 Å². The molecule has 39 heavy (non-hydrogen) atoms. The van der Waals surface area contributed by atoms with Gasteiger partial charge in [0.05, 0.1) is 11.9 Å². The van der Waals surface area contributed by atoms with Crippen molar-refractivity contribution in [3.05, 3.63) is 84.0 Å². The number of halogens is 1. The molecular formula is C28H30FN9O. The highest BCUT2D eigenvalue weighted by Gasteiger charge is 2.47. The molecule has 6 rings (SSSR count). The molecule has 0 spiro atoms. The molecule has 4 heterocycles. The lowest BCUT2D eigenvalue weighted by Gasteiger charge is -2.36. The topological polar surface area (TPSA) is 122 Å². The fourth-order valence-corrected chi connectivity index (χ4v) is 5.29. The second kappa shape index (κ2) is 10.1. The molecular weight excluding hydrogens is 497 g/mol. The first-order valence-corrected chi connectivity index (χ1v) is 13.0. The van der Waals surface area contributed by atoms with Gasteiger partial charge < -0.3 is 19.9 Å². The number of aromatic nitrogens is 5. The normalized spacial score (nSPS) is 17.8. The number of aliphatic imine (C=N–C) groups is 1. The van der Waals surface area contributed by atoms with Crippen molar-refractivity contribution in [3.63, 3.8) is 0 Å². The summed E-state index contributed by atoms with van der Waals surface area (Å²) in [4.78, 5) is 21.1. The van der Waals surface area contributed by atoms with Crippen molar-refractivity contribution in [1.29, 1.82) is 5.41 Å². The van der Waals surface area contributed by atoms with E-state index in [9.17, 15) is 9.50 Å². The Morgan fingerprint density at radius 2 is 1.79 bits per heavy atom. The second-order valence-electron chi connectivity index (χ2n) is 10.1. The number of hydrogen-bond acceptors (Lipinski definition) is 6. The summed E-state index contributed by atoms with van der Waals surface area (Å²) in [6.07, 6.45) is 12.0. The zero-order valence-electron chi connectivity index (χ0n) is 21.6. The van der Waals surface area contributed by atoms with E-state index in [0.29, 0.717) is 49.1 Å². The maximum absolute atomic E-state index is 13.5. The summed E-state index contributed by atoms with van der Waals surface area (Å²) >= 11 is 0. The minimum Gasteiger partial charge on any atom is -0.380 e. The van der Waals surface area contributed by atoms with Crippen LogP contribution in [-0.2, 0) is 12.6 Å². The summed E-state index contributed by atoms with van der Waals surface area (Å²) in [5, 5.41) is 23.5. The molecule has 200 valence electrons. The molecule has 3 N–H and O–H groups in total. The maximum Gasteiger partial charge on any atom is 0.225 e. The SMILES string of the molecule is Cn1cc(-c2c[nH]c(/C(=N\C=N)N3CCN(c4ncc([C@](O)(c5ccc(F)cc5)C5CC5)cn4)CC3)c2)cn1. The van der Waals surface area contributed by atoms with E-state index in [1.54, 1.807) is 29.2 Å². The molecule has 1 aliphatic heterocycles. The van der Waals surface area contributed by atoms with Gasteiger partial charge in [0.25, 0.3) is 0 Å². The molecule has 0 unspecified atom stereocenters. The van der Waals surface area contributed by atoms with Gasteiger partial charge in [-0.25, -0.2) is 19.4 Å². The first-order valence-electron chi connectivity index (χ1n) is 13.0. The molecule has 3 aromatic heterocycles. The average Bonchev–Trinajstić information content (AvgIpc) is 3.56. The van der Waals surface area contributed by atoms with E-state index in [-0.39, 0.29) is 11.7 Å². The van der Waals surface area contributed by atoms with Gasteiger partial charge in [-0.05, 0) is 42.5 Å². The van der Waals surface area contributed by atoms with E-state index >= 15 is 0 Å². The Hall–Kier alpha value is -4.38. The summed E-state index contributed by atoms with van der Waals surface area (Å²) in [6, 6.07) is 8.05. The lowest BCUT2D eigenvalue weighted by molar-refractivity contribution is 0.0556. The van der Waals surface area contributed by atoms with Crippen LogP contribution in [0.2, 0.25) is 0 Å². The minimum atomic E-state index is -1.23. The minimum absolute atomic E-state index is 0.0687. The summed E-state index contributed by atoms with van der Waals surface area (Å²) in [7, 11) is 1.88. The Morgan fingerprint density at radius 3 is 2.41 bits per heavy atom. The van der Waals surface area contributed by atoms with Crippen molar-refractivity contribution in [2.24, 2.45) is 18.0 Å². The van der Waals surface area contributed by atoms with E-state index in [4.69, 9.17) is 5.41 Å². The van der Waals surface area contributed by atoms with Crippen LogP contribution in [0.25, 0.3) is 11.1 Å². The molecule has 1 saturated carbocycles. The summed E-state index contributed by atoms with van der Waals surface area (Å²) in [6.45, 7) is 2.72. The van der Waals surface area contributed by atoms with Crippen molar-refractivity contribution in [3.8, 4) is 11.1 Å². The van der Waals surface area contributed by atoms with E-state index < -0.39 is 5.60 Å². The monoisotopic (exact) mass is 527 g/mol. The van der Waals surface area contributed by atoms with Crippen molar-refractivity contribution < 1.29 is 9.50 Å². The number of benzene rings is 1. The number of amidine groups is 1. The van der Waals surface area contributed by atoms with Crippen LogP contribution in [0.15, 0.2) is 66.3 Å². The first-order chi connectivity index (χ1) is 19.0. The Labute approximate surface area is 225 Å². The molecule has 2 aliphatic rings. The van der Waals surface area contributed by atoms with Gasteiger partial charge in [0.2, 0.25) is 5.95 Å². The smallest absolute Gasteiger partial charge is 0.225 e. The number of rotatable bonds is 7. The van der Waals surface area contributed by atoms with Gasteiger partial charge in [-0.1, -0.05) is 12.1 Å². The molecule has 1 saturated heterocycles. The average molecular weight is 528 g/mol. The number of nitrogens with zero attached hydrogens (tertiary/aromatic N) is 7. The second-order valence-corrected chi connectivity index (χ2v) is 10.1. The van der Waals surface area contributed by atoms with Gasteiger partial charge in [-0.15, -0.1) is 0 Å². The largest absolute Gasteiger partial charge is 0.380 e. The van der Waals surface area contributed by atoms with Crippen molar-refractivity contribution >= 4 is 18.1 Å². The Bertz CT molecular complexity index is 1480. The lowest BCUT2D eigenvalue weighted by Crippen LogP contribution is -2.49. The molecule has 0 radical (unpaired) electrons. The number of hydrogen-bond donors (Lipinski definition) is 3. The van der Waals surface area contributed by atoms with Crippen LogP contribution in [-0.4, -0.2) is 73.1 Å². The van der Waals surface area contributed by atoms with Gasteiger partial charge >= 0.3 is 0 Å². The van der Waals surface area contributed by atoms with Gasteiger partial charge in [0, 0.05) is 74.7 Å². The molecule has 4 aromatic rings. The number of piperazine rings is 1. The molecule has 11 heteroatoms. The van der Waals surface area contributed by atoms with Crippen LogP contribution in [0.3, 0.4) is 0 Å². The van der Waals surface area contributed by atoms with Gasteiger partial charge in [0.1, 0.15) is 17.8 Å². The van der Waals surface area contributed by atoms with Crippen LogP contribution in [0.4, 0.5) is 10.3 Å². The number of aryl methyl sites for hydroxylation is 1. The van der Waals surface area contributed by atoms with E-state index in [1.165, 1.54) is 12.1 Å². The third-order valence-electron chi connectivity index (χ3n) is 7.54. The molecule has 1 aliphatic carbocycles. The van der Waals surface area contributed by atoms with Crippen molar-refractivity contribution in [2.45, 2.75) is 18.4 Å². The highest BCUT2D eigenvalue weighted by atomic mass is 19.1. The number of aromatic amines is 1.